The highest BCUT2D eigenvalue weighted by molar-refractivity contribution is 5.78. The molecule has 5 heteroatoms. The number of carbonyl (C=O) groups excluding carboxylic acids is 1. The molecule has 1 aliphatic heterocycles. The number of halogens is 1. The average molecular weight is 377 g/mol. The van der Waals surface area contributed by atoms with Gasteiger partial charge in [0.25, 0.3) is 0 Å². The molecule has 4 nitrogen and oxygen atoms in total. The van der Waals surface area contributed by atoms with Gasteiger partial charge in [-0.05, 0) is 42.3 Å². The Labute approximate surface area is 164 Å². The molecule has 0 bridgehead atoms. The molecular weight excluding hydrogens is 353 g/mol. The Hall–Kier alpha value is -2.92. The number of aromatic nitrogens is 1. The number of amides is 1. The van der Waals surface area contributed by atoms with Crippen LogP contribution in [0.2, 0.25) is 0 Å². The van der Waals surface area contributed by atoms with Gasteiger partial charge in [-0.1, -0.05) is 42.5 Å². The van der Waals surface area contributed by atoms with Crippen LogP contribution >= 0.6 is 0 Å². The van der Waals surface area contributed by atoms with Crippen LogP contribution in [0.15, 0.2) is 72.9 Å². The van der Waals surface area contributed by atoms with Gasteiger partial charge in [-0.25, -0.2) is 4.39 Å². The first-order valence-electron chi connectivity index (χ1n) is 9.60. The SMILES string of the molecule is C[C@@H](NC(=O)CN1CCn2cccc2[C@H]1c1ccccc1)c1ccc(F)cc1. The van der Waals surface area contributed by atoms with Gasteiger partial charge >= 0.3 is 0 Å². The summed E-state index contributed by atoms with van der Waals surface area (Å²) in [6.45, 7) is 3.91. The van der Waals surface area contributed by atoms with E-state index in [0.717, 1.165) is 18.7 Å². The van der Waals surface area contributed by atoms with Crippen LogP contribution in [0, 0.1) is 5.82 Å². The molecule has 0 spiro atoms. The van der Waals surface area contributed by atoms with E-state index in [0.29, 0.717) is 6.54 Å². The molecule has 1 aromatic heterocycles. The predicted octanol–water partition coefficient (Wildman–Crippen LogP) is 3.91. The monoisotopic (exact) mass is 377 g/mol. The van der Waals surface area contributed by atoms with Crippen molar-refractivity contribution in [3.63, 3.8) is 0 Å². The lowest BCUT2D eigenvalue weighted by Gasteiger charge is -2.37. The summed E-state index contributed by atoms with van der Waals surface area (Å²) in [5.41, 5.74) is 3.28. The van der Waals surface area contributed by atoms with Crippen molar-refractivity contribution in [2.45, 2.75) is 25.6 Å². The number of hydrogen-bond acceptors (Lipinski definition) is 2. The quantitative estimate of drug-likeness (QED) is 0.732. The second-order valence-corrected chi connectivity index (χ2v) is 7.25. The van der Waals surface area contributed by atoms with Crippen molar-refractivity contribution in [1.82, 2.24) is 14.8 Å². The van der Waals surface area contributed by atoms with E-state index in [9.17, 15) is 9.18 Å². The molecule has 0 radical (unpaired) electrons. The van der Waals surface area contributed by atoms with Crippen molar-refractivity contribution < 1.29 is 9.18 Å². The molecule has 2 aromatic carbocycles. The molecule has 2 heterocycles. The molecular formula is C23H24FN3O. The minimum Gasteiger partial charge on any atom is -0.348 e. The van der Waals surface area contributed by atoms with E-state index in [1.807, 2.05) is 25.1 Å². The van der Waals surface area contributed by atoms with Crippen LogP contribution in [0.5, 0.6) is 0 Å². The number of rotatable bonds is 5. The first kappa shape index (κ1) is 18.4. The van der Waals surface area contributed by atoms with Gasteiger partial charge in [0.15, 0.2) is 0 Å². The fraction of sp³-hybridized carbons (Fsp3) is 0.261. The topological polar surface area (TPSA) is 37.3 Å². The van der Waals surface area contributed by atoms with Crippen molar-refractivity contribution in [3.05, 3.63) is 95.6 Å². The Morgan fingerprint density at radius 2 is 1.82 bits per heavy atom. The largest absolute Gasteiger partial charge is 0.348 e. The van der Waals surface area contributed by atoms with Crippen LogP contribution in [-0.2, 0) is 11.3 Å². The van der Waals surface area contributed by atoms with Crippen LogP contribution in [0.1, 0.15) is 35.8 Å². The van der Waals surface area contributed by atoms with Gasteiger partial charge in [-0.15, -0.1) is 0 Å². The van der Waals surface area contributed by atoms with Gasteiger partial charge in [0.1, 0.15) is 5.82 Å². The van der Waals surface area contributed by atoms with Crippen molar-refractivity contribution in [2.75, 3.05) is 13.1 Å². The summed E-state index contributed by atoms with van der Waals surface area (Å²) in [6.07, 6.45) is 2.10. The molecule has 0 saturated heterocycles. The first-order chi connectivity index (χ1) is 13.6. The highest BCUT2D eigenvalue weighted by Gasteiger charge is 2.30. The van der Waals surface area contributed by atoms with Crippen molar-refractivity contribution in [3.8, 4) is 0 Å². The Kier molecular flexibility index (Phi) is 5.26. The second-order valence-electron chi connectivity index (χ2n) is 7.25. The van der Waals surface area contributed by atoms with E-state index in [-0.39, 0.29) is 23.8 Å². The van der Waals surface area contributed by atoms with Crippen LogP contribution < -0.4 is 5.32 Å². The predicted molar refractivity (Wildman–Crippen MR) is 107 cm³/mol. The molecule has 0 saturated carbocycles. The molecule has 28 heavy (non-hydrogen) atoms. The standard InChI is InChI=1S/C23H24FN3O/c1-17(18-9-11-20(24)12-10-18)25-22(28)16-27-15-14-26-13-5-8-21(26)23(27)19-6-3-2-4-7-19/h2-13,17,23H,14-16H2,1H3,(H,25,28)/t17-,23-/m1/s1. The number of nitrogens with one attached hydrogen (secondary N) is 1. The van der Waals surface area contributed by atoms with E-state index < -0.39 is 0 Å². The summed E-state index contributed by atoms with van der Waals surface area (Å²) in [5.74, 6) is -0.304. The van der Waals surface area contributed by atoms with E-state index >= 15 is 0 Å². The van der Waals surface area contributed by atoms with Gasteiger partial charge in [-0.3, -0.25) is 9.69 Å². The number of carbonyl (C=O) groups is 1. The maximum Gasteiger partial charge on any atom is 0.234 e. The normalized spacial score (nSPS) is 17.7. The summed E-state index contributed by atoms with van der Waals surface area (Å²) in [7, 11) is 0. The third-order valence-corrected chi connectivity index (χ3v) is 5.35. The average Bonchev–Trinajstić information content (AvgIpc) is 3.17. The molecule has 2 atom stereocenters. The summed E-state index contributed by atoms with van der Waals surface area (Å²) < 4.78 is 15.4. The molecule has 0 unspecified atom stereocenters. The van der Waals surface area contributed by atoms with Crippen LogP contribution in [0.3, 0.4) is 0 Å². The van der Waals surface area contributed by atoms with Gasteiger partial charge in [0.2, 0.25) is 5.91 Å². The molecule has 1 N–H and O–H groups in total. The maximum atomic E-state index is 13.1. The Morgan fingerprint density at radius 3 is 2.57 bits per heavy atom. The van der Waals surface area contributed by atoms with E-state index in [4.69, 9.17) is 0 Å². The molecule has 1 aliphatic rings. The number of benzene rings is 2. The van der Waals surface area contributed by atoms with E-state index in [1.165, 1.54) is 23.4 Å². The zero-order valence-corrected chi connectivity index (χ0v) is 15.9. The smallest absolute Gasteiger partial charge is 0.234 e. The van der Waals surface area contributed by atoms with Gasteiger partial charge in [0.05, 0.1) is 18.6 Å². The molecule has 0 aliphatic carbocycles. The highest BCUT2D eigenvalue weighted by atomic mass is 19.1. The molecule has 1 amide bonds. The molecule has 4 rings (SSSR count). The minimum atomic E-state index is -0.274. The number of nitrogens with zero attached hydrogens (tertiary/aromatic N) is 2. The van der Waals surface area contributed by atoms with E-state index in [1.54, 1.807) is 12.1 Å². The molecule has 144 valence electrons. The van der Waals surface area contributed by atoms with Crippen LogP contribution in [0.4, 0.5) is 4.39 Å². The lowest BCUT2D eigenvalue weighted by atomic mass is 10.00. The first-order valence-corrected chi connectivity index (χ1v) is 9.60. The summed E-state index contributed by atoms with van der Waals surface area (Å²) in [4.78, 5) is 15.0. The van der Waals surface area contributed by atoms with Gasteiger partial charge < -0.3 is 9.88 Å². The fourth-order valence-corrected chi connectivity index (χ4v) is 3.93. The second kappa shape index (κ2) is 7.98. The third-order valence-electron chi connectivity index (χ3n) is 5.35. The lowest BCUT2D eigenvalue weighted by molar-refractivity contribution is -0.123. The fourth-order valence-electron chi connectivity index (χ4n) is 3.93. The van der Waals surface area contributed by atoms with Crippen molar-refractivity contribution in [1.29, 1.82) is 0 Å². The summed E-state index contributed by atoms with van der Waals surface area (Å²) in [5, 5.41) is 3.04. The van der Waals surface area contributed by atoms with Gasteiger partial charge in [0, 0.05) is 25.0 Å². The summed E-state index contributed by atoms with van der Waals surface area (Å²) in [6, 6.07) is 20.6. The highest BCUT2D eigenvalue weighted by Crippen LogP contribution is 2.32. The maximum absolute atomic E-state index is 13.1. The molecule has 0 fully saturated rings. The Balaban J connectivity index is 1.49. The minimum absolute atomic E-state index is 0.0298. The number of fused-ring (bicyclic) bond motifs is 1. The zero-order valence-electron chi connectivity index (χ0n) is 15.9. The lowest BCUT2D eigenvalue weighted by Crippen LogP contribution is -2.44. The Morgan fingerprint density at radius 1 is 1.07 bits per heavy atom. The van der Waals surface area contributed by atoms with Crippen LogP contribution in [-0.4, -0.2) is 28.5 Å². The van der Waals surface area contributed by atoms with Crippen molar-refractivity contribution >= 4 is 5.91 Å². The molecule has 3 aromatic rings. The summed E-state index contributed by atoms with van der Waals surface area (Å²) >= 11 is 0. The zero-order chi connectivity index (χ0) is 19.5. The van der Waals surface area contributed by atoms with Crippen molar-refractivity contribution in [2.24, 2.45) is 0 Å². The van der Waals surface area contributed by atoms with E-state index in [2.05, 4.69) is 45.2 Å². The van der Waals surface area contributed by atoms with Crippen LogP contribution in [0.25, 0.3) is 0 Å². The van der Waals surface area contributed by atoms with Gasteiger partial charge in [-0.2, -0.15) is 0 Å². The third kappa shape index (κ3) is 3.85. The number of hydrogen-bond donors (Lipinski definition) is 1. The Bertz CT molecular complexity index is 936.